The summed E-state index contributed by atoms with van der Waals surface area (Å²) in [4.78, 5) is 24.7. The third-order valence-corrected chi connectivity index (χ3v) is 4.60. The summed E-state index contributed by atoms with van der Waals surface area (Å²) >= 11 is 0.787. The Bertz CT molecular complexity index is 737. The fraction of sp³-hybridized carbons (Fsp3) is 0.300. The number of aromatic nitrogens is 4. The van der Waals surface area contributed by atoms with Crippen LogP contribution in [0.3, 0.4) is 0 Å². The Hall–Kier alpha value is -1.94. The van der Waals surface area contributed by atoms with Gasteiger partial charge in [0.25, 0.3) is 5.91 Å². The van der Waals surface area contributed by atoms with E-state index in [4.69, 9.17) is 0 Å². The molecule has 0 bridgehead atoms. The van der Waals surface area contributed by atoms with Crippen molar-refractivity contribution in [2.24, 2.45) is 0 Å². The average molecular weight is 313 g/mol. The lowest BCUT2D eigenvalue weighted by Gasteiger charge is -2.07. The molecule has 0 aliphatic heterocycles. The average Bonchev–Trinajstić information content (AvgIpc) is 2.87. The summed E-state index contributed by atoms with van der Waals surface area (Å²) < 4.78 is 26.5. The van der Waals surface area contributed by atoms with Crippen LogP contribution in [0.1, 0.15) is 10.6 Å². The van der Waals surface area contributed by atoms with E-state index in [2.05, 4.69) is 19.3 Å². The number of sulfone groups is 1. The molecular formula is C10H11N5O3S2. The first-order valence-corrected chi connectivity index (χ1v) is 8.03. The zero-order chi connectivity index (χ0) is 14.9. The van der Waals surface area contributed by atoms with Crippen molar-refractivity contribution in [2.45, 2.75) is 4.34 Å². The zero-order valence-corrected chi connectivity index (χ0v) is 12.6. The van der Waals surface area contributed by atoms with Gasteiger partial charge in [-0.25, -0.2) is 23.4 Å². The number of rotatable bonds is 3. The number of hydrogen-bond donors (Lipinski definition) is 0. The van der Waals surface area contributed by atoms with E-state index in [0.29, 0.717) is 5.56 Å². The van der Waals surface area contributed by atoms with Gasteiger partial charge in [-0.1, -0.05) is 0 Å². The topological polar surface area (TPSA) is 106 Å². The number of carbonyl (C=O) groups is 1. The molecule has 20 heavy (non-hydrogen) atoms. The molecule has 2 aromatic heterocycles. The first-order chi connectivity index (χ1) is 9.29. The van der Waals surface area contributed by atoms with Gasteiger partial charge in [0.1, 0.15) is 0 Å². The van der Waals surface area contributed by atoms with Gasteiger partial charge in [-0.05, 0) is 11.5 Å². The van der Waals surface area contributed by atoms with Gasteiger partial charge in [-0.15, -0.1) is 0 Å². The molecule has 8 nitrogen and oxygen atoms in total. The van der Waals surface area contributed by atoms with Gasteiger partial charge in [-0.2, -0.15) is 4.37 Å². The third-order valence-electron chi connectivity index (χ3n) is 2.23. The second-order valence-electron chi connectivity index (χ2n) is 4.15. The Morgan fingerprint density at radius 3 is 2.30 bits per heavy atom. The van der Waals surface area contributed by atoms with E-state index in [0.717, 1.165) is 17.8 Å². The quantitative estimate of drug-likeness (QED) is 0.791. The van der Waals surface area contributed by atoms with E-state index in [-0.39, 0.29) is 21.9 Å². The predicted molar refractivity (Wildman–Crippen MR) is 72.1 cm³/mol. The van der Waals surface area contributed by atoms with E-state index in [9.17, 15) is 13.2 Å². The Morgan fingerprint density at radius 2 is 1.85 bits per heavy atom. The first-order valence-electron chi connectivity index (χ1n) is 5.37. The lowest BCUT2D eigenvalue weighted by Crippen LogP contribution is -2.23. The van der Waals surface area contributed by atoms with Gasteiger partial charge >= 0.3 is 0 Å². The van der Waals surface area contributed by atoms with Crippen LogP contribution in [0.15, 0.2) is 16.7 Å². The van der Waals surface area contributed by atoms with Crippen LogP contribution in [0.25, 0.3) is 11.4 Å². The molecule has 2 rings (SSSR count). The minimum absolute atomic E-state index is 0.0531. The summed E-state index contributed by atoms with van der Waals surface area (Å²) in [5.74, 6) is -0.0452. The first kappa shape index (κ1) is 14.5. The Kier molecular flexibility index (Phi) is 3.77. The molecule has 0 saturated heterocycles. The van der Waals surface area contributed by atoms with Crippen LogP contribution in [0.4, 0.5) is 0 Å². The lowest BCUT2D eigenvalue weighted by atomic mass is 10.3. The van der Waals surface area contributed by atoms with Crippen LogP contribution in [-0.2, 0) is 9.84 Å². The molecule has 0 aliphatic carbocycles. The number of nitrogens with zero attached hydrogens (tertiary/aromatic N) is 5. The normalized spacial score (nSPS) is 11.3. The van der Waals surface area contributed by atoms with E-state index in [1.54, 1.807) is 14.1 Å². The standard InChI is InChI=1S/C10H11N5O3S2/c1-15(2)9(16)8-11-4-6(5-12-8)7-13-10(19-14-7)20(3,17)18/h4-5H,1-3H3. The van der Waals surface area contributed by atoms with Crippen LogP contribution < -0.4 is 0 Å². The van der Waals surface area contributed by atoms with Crippen molar-refractivity contribution in [3.8, 4) is 11.4 Å². The maximum atomic E-state index is 11.6. The molecule has 0 saturated carbocycles. The molecule has 0 atom stereocenters. The van der Waals surface area contributed by atoms with Crippen LogP contribution in [0.2, 0.25) is 0 Å². The highest BCUT2D eigenvalue weighted by atomic mass is 32.2. The van der Waals surface area contributed by atoms with Crippen LogP contribution >= 0.6 is 11.5 Å². The second kappa shape index (κ2) is 5.21. The van der Waals surface area contributed by atoms with Crippen molar-refractivity contribution in [3.05, 3.63) is 18.2 Å². The predicted octanol–water partition coefficient (Wildman–Crippen LogP) is 0.100. The van der Waals surface area contributed by atoms with E-state index < -0.39 is 9.84 Å². The minimum atomic E-state index is -3.38. The van der Waals surface area contributed by atoms with Crippen molar-refractivity contribution < 1.29 is 13.2 Å². The molecule has 0 spiro atoms. The van der Waals surface area contributed by atoms with Crippen molar-refractivity contribution in [1.29, 1.82) is 0 Å². The molecule has 2 aromatic rings. The lowest BCUT2D eigenvalue weighted by molar-refractivity contribution is 0.0816. The van der Waals surface area contributed by atoms with Crippen molar-refractivity contribution in [3.63, 3.8) is 0 Å². The monoisotopic (exact) mass is 313 g/mol. The summed E-state index contributed by atoms with van der Waals surface area (Å²) in [6.07, 6.45) is 3.84. The molecule has 0 fully saturated rings. The van der Waals surface area contributed by atoms with Gasteiger partial charge in [0.15, 0.2) is 5.82 Å². The molecular weight excluding hydrogens is 302 g/mol. The summed E-state index contributed by atoms with van der Waals surface area (Å²) in [7, 11) is -0.185. The summed E-state index contributed by atoms with van der Waals surface area (Å²) in [6, 6.07) is 0. The van der Waals surface area contributed by atoms with Crippen LogP contribution in [0, 0.1) is 0 Å². The number of amides is 1. The molecule has 0 unspecified atom stereocenters. The highest BCUT2D eigenvalue weighted by Crippen LogP contribution is 2.19. The molecule has 0 aliphatic rings. The van der Waals surface area contributed by atoms with Gasteiger partial charge < -0.3 is 4.90 Å². The minimum Gasteiger partial charge on any atom is -0.342 e. The molecule has 10 heteroatoms. The highest BCUT2D eigenvalue weighted by molar-refractivity contribution is 7.92. The second-order valence-corrected chi connectivity index (χ2v) is 7.09. The molecule has 0 N–H and O–H groups in total. The largest absolute Gasteiger partial charge is 0.342 e. The van der Waals surface area contributed by atoms with E-state index in [1.165, 1.54) is 17.3 Å². The van der Waals surface area contributed by atoms with Crippen molar-refractivity contribution in [2.75, 3.05) is 20.4 Å². The Balaban J connectivity index is 2.31. The SMILES string of the molecule is CN(C)C(=O)c1ncc(-c2nsc(S(C)(=O)=O)n2)cn1. The fourth-order valence-electron chi connectivity index (χ4n) is 1.23. The maximum absolute atomic E-state index is 11.6. The van der Waals surface area contributed by atoms with Crippen LogP contribution in [0.5, 0.6) is 0 Å². The van der Waals surface area contributed by atoms with Gasteiger partial charge in [0.05, 0.1) is 5.56 Å². The number of carbonyl (C=O) groups excluding carboxylic acids is 1. The third kappa shape index (κ3) is 2.96. The maximum Gasteiger partial charge on any atom is 0.291 e. The Labute approximate surface area is 119 Å². The van der Waals surface area contributed by atoms with Crippen molar-refractivity contribution in [1.82, 2.24) is 24.2 Å². The molecule has 2 heterocycles. The van der Waals surface area contributed by atoms with Gasteiger partial charge in [0.2, 0.25) is 20.0 Å². The smallest absolute Gasteiger partial charge is 0.291 e. The molecule has 1 amide bonds. The highest BCUT2D eigenvalue weighted by Gasteiger charge is 2.17. The Morgan fingerprint density at radius 1 is 1.25 bits per heavy atom. The number of hydrogen-bond acceptors (Lipinski definition) is 8. The van der Waals surface area contributed by atoms with Crippen LogP contribution in [-0.4, -0.2) is 58.9 Å². The molecule has 0 aromatic carbocycles. The van der Waals surface area contributed by atoms with Gasteiger partial charge in [-0.3, -0.25) is 4.79 Å². The summed E-state index contributed by atoms with van der Waals surface area (Å²) in [6.45, 7) is 0. The van der Waals surface area contributed by atoms with Gasteiger partial charge in [0, 0.05) is 32.7 Å². The molecule has 106 valence electrons. The molecule has 0 radical (unpaired) electrons. The van der Waals surface area contributed by atoms with E-state index in [1.807, 2.05) is 0 Å². The van der Waals surface area contributed by atoms with Crippen molar-refractivity contribution >= 4 is 27.3 Å². The summed E-state index contributed by atoms with van der Waals surface area (Å²) in [5.41, 5.74) is 0.450. The zero-order valence-electron chi connectivity index (χ0n) is 10.9. The summed E-state index contributed by atoms with van der Waals surface area (Å²) in [5, 5.41) is 0. The van der Waals surface area contributed by atoms with E-state index >= 15 is 0 Å². The fourth-order valence-corrected chi connectivity index (χ4v) is 2.58.